The SMILES string of the molecule is CC(CC(=O)O)Cc1nc(N2CCCC2)no1. The third-order valence-electron chi connectivity index (χ3n) is 2.89. The van der Waals surface area contributed by atoms with Gasteiger partial charge in [0, 0.05) is 25.9 Å². The predicted octanol–water partition coefficient (Wildman–Crippen LogP) is 1.32. The quantitative estimate of drug-likeness (QED) is 0.834. The number of anilines is 1. The first-order valence-electron chi connectivity index (χ1n) is 5.94. The molecule has 0 bridgehead atoms. The molecule has 0 aliphatic carbocycles. The number of nitrogens with zero attached hydrogens (tertiary/aromatic N) is 3. The number of carboxylic acids is 1. The Morgan fingerprint density at radius 3 is 2.88 bits per heavy atom. The third-order valence-corrected chi connectivity index (χ3v) is 2.89. The van der Waals surface area contributed by atoms with Gasteiger partial charge in [0.2, 0.25) is 5.89 Å². The monoisotopic (exact) mass is 239 g/mol. The molecule has 1 unspecified atom stereocenters. The maximum Gasteiger partial charge on any atom is 0.303 e. The van der Waals surface area contributed by atoms with E-state index in [0.717, 1.165) is 13.1 Å². The van der Waals surface area contributed by atoms with Crippen molar-refractivity contribution in [2.75, 3.05) is 18.0 Å². The van der Waals surface area contributed by atoms with Crippen molar-refractivity contribution >= 4 is 11.9 Å². The van der Waals surface area contributed by atoms with Crippen LogP contribution in [-0.4, -0.2) is 34.3 Å². The number of rotatable bonds is 5. The zero-order valence-electron chi connectivity index (χ0n) is 9.93. The molecule has 1 atom stereocenters. The van der Waals surface area contributed by atoms with E-state index in [-0.39, 0.29) is 12.3 Å². The van der Waals surface area contributed by atoms with Crippen molar-refractivity contribution in [1.29, 1.82) is 0 Å². The van der Waals surface area contributed by atoms with Gasteiger partial charge in [-0.2, -0.15) is 4.98 Å². The molecular formula is C11H17N3O3. The summed E-state index contributed by atoms with van der Waals surface area (Å²) in [7, 11) is 0. The maximum absolute atomic E-state index is 10.5. The summed E-state index contributed by atoms with van der Waals surface area (Å²) in [5, 5.41) is 12.6. The maximum atomic E-state index is 10.5. The van der Waals surface area contributed by atoms with E-state index in [2.05, 4.69) is 15.0 Å². The van der Waals surface area contributed by atoms with Crippen LogP contribution in [0.5, 0.6) is 0 Å². The largest absolute Gasteiger partial charge is 0.481 e. The molecule has 1 aromatic rings. The summed E-state index contributed by atoms with van der Waals surface area (Å²) in [6.07, 6.45) is 2.98. The van der Waals surface area contributed by atoms with Crippen LogP contribution < -0.4 is 4.90 Å². The van der Waals surface area contributed by atoms with Crippen LogP contribution in [0, 0.1) is 5.92 Å². The van der Waals surface area contributed by atoms with Crippen LogP contribution in [0.25, 0.3) is 0 Å². The molecule has 0 radical (unpaired) electrons. The van der Waals surface area contributed by atoms with E-state index in [1.165, 1.54) is 12.8 Å². The van der Waals surface area contributed by atoms with Crippen molar-refractivity contribution in [3.63, 3.8) is 0 Å². The lowest BCUT2D eigenvalue weighted by Gasteiger charge is -2.09. The first-order valence-corrected chi connectivity index (χ1v) is 5.94. The second-order valence-electron chi connectivity index (χ2n) is 4.59. The molecule has 0 amide bonds. The average Bonchev–Trinajstić information content (AvgIpc) is 2.84. The molecule has 1 saturated heterocycles. The van der Waals surface area contributed by atoms with Crippen LogP contribution >= 0.6 is 0 Å². The minimum atomic E-state index is -0.795. The van der Waals surface area contributed by atoms with Gasteiger partial charge in [0.1, 0.15) is 0 Å². The highest BCUT2D eigenvalue weighted by atomic mass is 16.5. The van der Waals surface area contributed by atoms with Gasteiger partial charge in [0.05, 0.1) is 0 Å². The van der Waals surface area contributed by atoms with E-state index < -0.39 is 5.97 Å². The number of carboxylic acid groups (broad SMARTS) is 1. The van der Waals surface area contributed by atoms with Gasteiger partial charge in [0.25, 0.3) is 5.95 Å². The van der Waals surface area contributed by atoms with E-state index in [1.54, 1.807) is 0 Å². The number of aromatic nitrogens is 2. The topological polar surface area (TPSA) is 79.5 Å². The van der Waals surface area contributed by atoms with Crippen LogP contribution in [0.4, 0.5) is 5.95 Å². The Hall–Kier alpha value is -1.59. The highest BCUT2D eigenvalue weighted by molar-refractivity contribution is 5.66. The van der Waals surface area contributed by atoms with Gasteiger partial charge < -0.3 is 14.5 Å². The Kier molecular flexibility index (Phi) is 3.61. The average molecular weight is 239 g/mol. The minimum Gasteiger partial charge on any atom is -0.481 e. The van der Waals surface area contributed by atoms with E-state index in [4.69, 9.17) is 9.63 Å². The van der Waals surface area contributed by atoms with Gasteiger partial charge in [-0.25, -0.2) is 0 Å². The van der Waals surface area contributed by atoms with Crippen molar-refractivity contribution in [2.24, 2.45) is 5.92 Å². The molecule has 0 aromatic carbocycles. The van der Waals surface area contributed by atoms with Gasteiger partial charge >= 0.3 is 5.97 Å². The standard InChI is InChI=1S/C11H17N3O3/c1-8(7-10(15)16)6-9-12-11(13-17-9)14-4-2-3-5-14/h8H,2-7H2,1H3,(H,15,16). The number of hydrogen-bond donors (Lipinski definition) is 1. The Labute approximate surface area is 99.6 Å². The molecule has 1 aliphatic rings. The molecule has 2 heterocycles. The van der Waals surface area contributed by atoms with Gasteiger partial charge in [-0.15, -0.1) is 0 Å². The summed E-state index contributed by atoms with van der Waals surface area (Å²) in [5.41, 5.74) is 0. The first-order chi connectivity index (χ1) is 8.15. The van der Waals surface area contributed by atoms with E-state index in [9.17, 15) is 4.79 Å². The normalized spacial score (nSPS) is 17.4. The first kappa shape index (κ1) is 11.9. The molecule has 1 aromatic heterocycles. The fourth-order valence-corrected chi connectivity index (χ4v) is 2.04. The summed E-state index contributed by atoms with van der Waals surface area (Å²) < 4.78 is 5.13. The molecule has 1 aliphatic heterocycles. The second-order valence-corrected chi connectivity index (χ2v) is 4.59. The Morgan fingerprint density at radius 1 is 1.53 bits per heavy atom. The molecule has 94 valence electrons. The molecule has 0 spiro atoms. The molecular weight excluding hydrogens is 222 g/mol. The van der Waals surface area contributed by atoms with Gasteiger partial charge in [-0.1, -0.05) is 6.92 Å². The Balaban J connectivity index is 1.91. The summed E-state index contributed by atoms with van der Waals surface area (Å²) in [4.78, 5) is 16.9. The van der Waals surface area contributed by atoms with Crippen LogP contribution in [0.2, 0.25) is 0 Å². The number of aliphatic carboxylic acids is 1. The molecule has 0 saturated carbocycles. The second kappa shape index (κ2) is 5.16. The van der Waals surface area contributed by atoms with Gasteiger partial charge in [-0.3, -0.25) is 4.79 Å². The lowest BCUT2D eigenvalue weighted by Crippen LogP contribution is -2.19. The van der Waals surface area contributed by atoms with Crippen molar-refractivity contribution in [3.8, 4) is 0 Å². The summed E-state index contributed by atoms with van der Waals surface area (Å²) >= 11 is 0. The summed E-state index contributed by atoms with van der Waals surface area (Å²) in [5.74, 6) is 0.386. The van der Waals surface area contributed by atoms with Crippen molar-refractivity contribution in [3.05, 3.63) is 5.89 Å². The van der Waals surface area contributed by atoms with Crippen LogP contribution in [-0.2, 0) is 11.2 Å². The predicted molar refractivity (Wildman–Crippen MR) is 60.9 cm³/mol. The van der Waals surface area contributed by atoms with E-state index in [1.807, 2.05) is 6.92 Å². The Bertz CT molecular complexity index is 385. The number of hydrogen-bond acceptors (Lipinski definition) is 5. The lowest BCUT2D eigenvalue weighted by atomic mass is 10.0. The molecule has 1 fully saturated rings. The van der Waals surface area contributed by atoms with Crippen LogP contribution in [0.1, 0.15) is 32.1 Å². The fraction of sp³-hybridized carbons (Fsp3) is 0.727. The van der Waals surface area contributed by atoms with Crippen LogP contribution in [0.15, 0.2) is 4.52 Å². The van der Waals surface area contributed by atoms with Gasteiger partial charge in [-0.05, 0) is 23.9 Å². The zero-order valence-corrected chi connectivity index (χ0v) is 9.93. The Morgan fingerprint density at radius 2 is 2.24 bits per heavy atom. The minimum absolute atomic E-state index is 0.0133. The van der Waals surface area contributed by atoms with Crippen molar-refractivity contribution in [2.45, 2.75) is 32.6 Å². The molecule has 1 N–H and O–H groups in total. The molecule has 2 rings (SSSR count). The van der Waals surface area contributed by atoms with Crippen molar-refractivity contribution < 1.29 is 14.4 Å². The molecule has 6 heteroatoms. The molecule has 17 heavy (non-hydrogen) atoms. The van der Waals surface area contributed by atoms with E-state index in [0.29, 0.717) is 18.3 Å². The molecule has 6 nitrogen and oxygen atoms in total. The van der Waals surface area contributed by atoms with Crippen LogP contribution in [0.3, 0.4) is 0 Å². The zero-order chi connectivity index (χ0) is 12.3. The van der Waals surface area contributed by atoms with Gasteiger partial charge in [0.15, 0.2) is 0 Å². The van der Waals surface area contributed by atoms with Crippen molar-refractivity contribution in [1.82, 2.24) is 10.1 Å². The lowest BCUT2D eigenvalue weighted by molar-refractivity contribution is -0.137. The highest BCUT2D eigenvalue weighted by Crippen LogP contribution is 2.18. The van der Waals surface area contributed by atoms with E-state index >= 15 is 0 Å². The summed E-state index contributed by atoms with van der Waals surface area (Å²) in [6, 6.07) is 0. The number of carbonyl (C=O) groups is 1. The third kappa shape index (κ3) is 3.18. The fourth-order valence-electron chi connectivity index (χ4n) is 2.04. The highest BCUT2D eigenvalue weighted by Gasteiger charge is 2.19. The smallest absolute Gasteiger partial charge is 0.303 e. The summed E-state index contributed by atoms with van der Waals surface area (Å²) in [6.45, 7) is 3.82.